The highest BCUT2D eigenvalue weighted by molar-refractivity contribution is 7.13. The van der Waals surface area contributed by atoms with Crippen molar-refractivity contribution in [1.82, 2.24) is 4.57 Å². The van der Waals surface area contributed by atoms with Crippen LogP contribution in [0.4, 0.5) is 0 Å². The van der Waals surface area contributed by atoms with Crippen LogP contribution in [0.2, 0.25) is 5.02 Å². The molecule has 3 aromatic rings. The first-order valence-corrected chi connectivity index (χ1v) is 7.09. The fourth-order valence-electron chi connectivity index (χ4n) is 2.31. The maximum absolute atomic E-state index is 9.12. The average molecular weight is 298 g/mol. The smallest absolute Gasteiger partial charge is 0.101 e. The Labute approximate surface area is 124 Å². The summed E-state index contributed by atoms with van der Waals surface area (Å²) in [7, 11) is 1.91. The molecular formula is C15H8ClN3S. The summed E-state index contributed by atoms with van der Waals surface area (Å²) >= 11 is 8.08. The molecule has 2 heterocycles. The molecule has 0 amide bonds. The highest BCUT2D eigenvalue weighted by Crippen LogP contribution is 2.39. The Morgan fingerprint density at radius 1 is 1.20 bits per heavy atom. The van der Waals surface area contributed by atoms with Gasteiger partial charge in [0.2, 0.25) is 0 Å². The van der Waals surface area contributed by atoms with Crippen LogP contribution >= 0.6 is 22.9 Å². The zero-order valence-electron chi connectivity index (χ0n) is 10.5. The summed E-state index contributed by atoms with van der Waals surface area (Å²) in [5.74, 6) is 0. The zero-order valence-corrected chi connectivity index (χ0v) is 12.1. The van der Waals surface area contributed by atoms with E-state index in [2.05, 4.69) is 6.07 Å². The quantitative estimate of drug-likeness (QED) is 0.672. The number of nitrogens with zero attached hydrogens (tertiary/aromatic N) is 3. The van der Waals surface area contributed by atoms with Gasteiger partial charge in [-0.15, -0.1) is 11.3 Å². The third-order valence-corrected chi connectivity index (χ3v) is 4.53. The van der Waals surface area contributed by atoms with Gasteiger partial charge in [-0.1, -0.05) is 17.7 Å². The fraction of sp³-hybridized carbons (Fsp3) is 0.0667. The summed E-state index contributed by atoms with van der Waals surface area (Å²) in [4.78, 5) is 1.06. The number of benzene rings is 1. The molecule has 0 unspecified atom stereocenters. The molecule has 0 saturated carbocycles. The van der Waals surface area contributed by atoms with Crippen LogP contribution in [0, 0.1) is 22.7 Å². The van der Waals surface area contributed by atoms with Crippen LogP contribution < -0.4 is 0 Å². The average Bonchev–Trinajstić information content (AvgIpc) is 3.06. The first-order valence-electron chi connectivity index (χ1n) is 5.83. The molecule has 0 aliphatic rings. The van der Waals surface area contributed by atoms with Gasteiger partial charge in [-0.05, 0) is 23.6 Å². The van der Waals surface area contributed by atoms with Crippen LogP contribution in [-0.4, -0.2) is 4.57 Å². The number of fused-ring (bicyclic) bond motifs is 1. The van der Waals surface area contributed by atoms with Gasteiger partial charge in [0, 0.05) is 12.4 Å². The second-order valence-electron chi connectivity index (χ2n) is 4.34. The minimum Gasteiger partial charge on any atom is -0.342 e. The molecule has 1 aromatic carbocycles. The molecule has 0 N–H and O–H groups in total. The van der Waals surface area contributed by atoms with Crippen LogP contribution in [0.15, 0.2) is 29.6 Å². The minimum absolute atomic E-state index is 0.352. The van der Waals surface area contributed by atoms with Crippen molar-refractivity contribution in [3.05, 3.63) is 45.8 Å². The molecule has 96 valence electrons. The largest absolute Gasteiger partial charge is 0.342 e. The van der Waals surface area contributed by atoms with Crippen molar-refractivity contribution in [2.24, 2.45) is 7.05 Å². The lowest BCUT2D eigenvalue weighted by Gasteiger charge is -2.02. The van der Waals surface area contributed by atoms with Gasteiger partial charge in [-0.25, -0.2) is 0 Å². The zero-order chi connectivity index (χ0) is 14.3. The lowest BCUT2D eigenvalue weighted by Crippen LogP contribution is -1.91. The highest BCUT2D eigenvalue weighted by atomic mass is 35.5. The van der Waals surface area contributed by atoms with Crippen LogP contribution in [0.5, 0.6) is 0 Å². The van der Waals surface area contributed by atoms with E-state index in [0.29, 0.717) is 16.1 Å². The molecule has 0 aliphatic carbocycles. The van der Waals surface area contributed by atoms with Gasteiger partial charge in [0.15, 0.2) is 0 Å². The normalized spacial score (nSPS) is 10.4. The van der Waals surface area contributed by atoms with E-state index in [9.17, 15) is 0 Å². The lowest BCUT2D eigenvalue weighted by molar-refractivity contribution is 0.981. The van der Waals surface area contributed by atoms with Crippen LogP contribution in [0.1, 0.15) is 11.1 Å². The van der Waals surface area contributed by atoms with Gasteiger partial charge in [-0.3, -0.25) is 0 Å². The number of rotatable bonds is 1. The number of thiophene rings is 1. The van der Waals surface area contributed by atoms with E-state index in [1.54, 1.807) is 23.5 Å². The fourth-order valence-corrected chi connectivity index (χ4v) is 3.56. The first kappa shape index (κ1) is 12.7. The van der Waals surface area contributed by atoms with Crippen molar-refractivity contribution in [3.8, 4) is 22.7 Å². The molecular weight excluding hydrogens is 290 g/mol. The molecule has 0 spiro atoms. The number of nitriles is 2. The Kier molecular flexibility index (Phi) is 2.99. The molecule has 0 saturated heterocycles. The standard InChI is InChI=1S/C15H8ClN3S/c1-19-12-6-10(8-18)9(7-17)5-11(12)14(16)15(19)13-3-2-4-20-13/h2-6H,1H3. The number of hydrogen-bond acceptors (Lipinski definition) is 3. The molecule has 3 nitrogen and oxygen atoms in total. The minimum atomic E-state index is 0.352. The van der Waals surface area contributed by atoms with E-state index in [-0.39, 0.29) is 0 Å². The van der Waals surface area contributed by atoms with Crippen LogP contribution in [-0.2, 0) is 7.05 Å². The number of aromatic nitrogens is 1. The molecule has 0 fully saturated rings. The van der Waals surface area contributed by atoms with Gasteiger partial charge >= 0.3 is 0 Å². The summed E-state index contributed by atoms with van der Waals surface area (Å²) in [6.07, 6.45) is 0. The second kappa shape index (κ2) is 4.68. The van der Waals surface area contributed by atoms with E-state index < -0.39 is 0 Å². The third-order valence-electron chi connectivity index (χ3n) is 3.27. The van der Waals surface area contributed by atoms with Crippen molar-refractivity contribution < 1.29 is 0 Å². The number of hydrogen-bond donors (Lipinski definition) is 0. The summed E-state index contributed by atoms with van der Waals surface area (Å²) in [6, 6.07) is 11.5. The Morgan fingerprint density at radius 2 is 1.90 bits per heavy atom. The predicted octanol–water partition coefficient (Wildman–Crippen LogP) is 4.30. The van der Waals surface area contributed by atoms with Gasteiger partial charge < -0.3 is 4.57 Å². The lowest BCUT2D eigenvalue weighted by atomic mass is 10.1. The Bertz CT molecular complexity index is 835. The monoisotopic (exact) mass is 297 g/mol. The molecule has 0 radical (unpaired) electrons. The first-order chi connectivity index (χ1) is 9.67. The number of aryl methyl sites for hydroxylation is 1. The highest BCUT2D eigenvalue weighted by Gasteiger charge is 2.18. The van der Waals surface area contributed by atoms with E-state index in [0.717, 1.165) is 21.5 Å². The van der Waals surface area contributed by atoms with Crippen molar-refractivity contribution in [3.63, 3.8) is 0 Å². The van der Waals surface area contributed by atoms with E-state index in [1.165, 1.54) is 0 Å². The third kappa shape index (κ3) is 1.71. The summed E-state index contributed by atoms with van der Waals surface area (Å²) in [5.41, 5.74) is 2.49. The number of halogens is 1. The van der Waals surface area contributed by atoms with E-state index >= 15 is 0 Å². The molecule has 2 aromatic heterocycles. The van der Waals surface area contributed by atoms with E-state index in [4.69, 9.17) is 22.1 Å². The van der Waals surface area contributed by atoms with Gasteiger partial charge in [0.05, 0.1) is 32.2 Å². The maximum atomic E-state index is 9.12. The van der Waals surface area contributed by atoms with Gasteiger partial charge in [-0.2, -0.15) is 10.5 Å². The molecule has 3 rings (SSSR count). The van der Waals surface area contributed by atoms with E-state index in [1.807, 2.05) is 35.2 Å². The van der Waals surface area contributed by atoms with Crippen molar-refractivity contribution in [1.29, 1.82) is 10.5 Å². The molecule has 0 atom stereocenters. The summed E-state index contributed by atoms with van der Waals surface area (Å²) in [6.45, 7) is 0. The molecule has 20 heavy (non-hydrogen) atoms. The van der Waals surface area contributed by atoms with Crippen molar-refractivity contribution >= 4 is 33.8 Å². The Hall–Kier alpha value is -2.27. The van der Waals surface area contributed by atoms with Crippen molar-refractivity contribution in [2.45, 2.75) is 0 Å². The second-order valence-corrected chi connectivity index (χ2v) is 5.66. The Morgan fingerprint density at radius 3 is 2.50 bits per heavy atom. The predicted molar refractivity (Wildman–Crippen MR) is 80.7 cm³/mol. The Balaban J connectivity index is 2.43. The SMILES string of the molecule is Cn1c(-c2cccs2)c(Cl)c2cc(C#N)c(C#N)cc21. The van der Waals surface area contributed by atoms with Crippen molar-refractivity contribution in [2.75, 3.05) is 0 Å². The van der Waals surface area contributed by atoms with Gasteiger partial charge in [0.1, 0.15) is 12.1 Å². The summed E-state index contributed by atoms with van der Waals surface area (Å²) in [5, 5.41) is 21.6. The van der Waals surface area contributed by atoms with Crippen LogP contribution in [0.25, 0.3) is 21.5 Å². The molecule has 5 heteroatoms. The van der Waals surface area contributed by atoms with Crippen LogP contribution in [0.3, 0.4) is 0 Å². The topological polar surface area (TPSA) is 52.5 Å². The van der Waals surface area contributed by atoms with Gasteiger partial charge in [0.25, 0.3) is 0 Å². The maximum Gasteiger partial charge on any atom is 0.101 e. The molecule has 0 aliphatic heterocycles. The summed E-state index contributed by atoms with van der Waals surface area (Å²) < 4.78 is 1.96. The molecule has 0 bridgehead atoms.